The Morgan fingerprint density at radius 3 is 1.48 bits per heavy atom. The molecule has 0 saturated heterocycles. The highest BCUT2D eigenvalue weighted by Gasteiger charge is 2.31. The second-order valence-electron chi connectivity index (χ2n) is 7.29. The van der Waals surface area contributed by atoms with E-state index < -0.39 is 0 Å². The van der Waals surface area contributed by atoms with E-state index in [1.807, 2.05) is 60.7 Å². The molecule has 0 spiro atoms. The van der Waals surface area contributed by atoms with Gasteiger partial charge in [-0.25, -0.2) is 0 Å². The molecule has 2 fully saturated rings. The predicted octanol–water partition coefficient (Wildman–Crippen LogP) is 4.58. The van der Waals surface area contributed by atoms with Crippen LogP contribution in [-0.4, -0.2) is 24.3 Å². The van der Waals surface area contributed by atoms with E-state index in [1.165, 1.54) is 12.8 Å². The minimum absolute atomic E-state index is 0.345. The Labute approximate surface area is 150 Å². The number of rotatable bonds is 6. The molecule has 2 aromatic rings. The van der Waals surface area contributed by atoms with Crippen LogP contribution in [0.1, 0.15) is 38.5 Å². The first-order chi connectivity index (χ1) is 12.3. The Kier molecular flexibility index (Phi) is 5.22. The molecule has 2 aromatic carbocycles. The van der Waals surface area contributed by atoms with Gasteiger partial charge in [-0.3, -0.25) is 0 Å². The summed E-state index contributed by atoms with van der Waals surface area (Å²) in [4.78, 5) is 0. The third kappa shape index (κ3) is 4.55. The molecule has 2 aliphatic carbocycles. The van der Waals surface area contributed by atoms with Gasteiger partial charge < -0.3 is 14.8 Å². The second-order valence-corrected chi connectivity index (χ2v) is 7.29. The van der Waals surface area contributed by atoms with Crippen molar-refractivity contribution in [2.24, 2.45) is 0 Å². The Hall–Kier alpha value is -2.00. The van der Waals surface area contributed by atoms with Gasteiger partial charge in [0.05, 0.1) is 0 Å². The smallest absolute Gasteiger partial charge is 0.119 e. The molecular formula is C22H27NO2. The summed E-state index contributed by atoms with van der Waals surface area (Å²) in [5, 5.41) is 3.85. The van der Waals surface area contributed by atoms with Crippen molar-refractivity contribution in [1.82, 2.24) is 5.32 Å². The zero-order chi connectivity index (χ0) is 16.9. The minimum atomic E-state index is 0.345. The lowest BCUT2D eigenvalue weighted by molar-refractivity contribution is 0.199. The zero-order valence-corrected chi connectivity index (χ0v) is 14.6. The monoisotopic (exact) mass is 337 g/mol. The molecule has 0 radical (unpaired) electrons. The molecule has 0 bridgehead atoms. The second kappa shape index (κ2) is 7.92. The molecule has 0 heterocycles. The molecular weight excluding hydrogens is 310 g/mol. The van der Waals surface area contributed by atoms with Gasteiger partial charge in [-0.1, -0.05) is 36.4 Å². The largest absolute Gasteiger partial charge is 0.490 e. The molecule has 4 atom stereocenters. The van der Waals surface area contributed by atoms with Crippen LogP contribution in [-0.2, 0) is 0 Å². The van der Waals surface area contributed by atoms with Crippen molar-refractivity contribution in [2.45, 2.75) is 62.8 Å². The molecule has 3 heteroatoms. The first-order valence-corrected chi connectivity index (χ1v) is 9.54. The van der Waals surface area contributed by atoms with Crippen LogP contribution in [0.3, 0.4) is 0 Å². The van der Waals surface area contributed by atoms with E-state index in [4.69, 9.17) is 9.47 Å². The maximum atomic E-state index is 6.11. The fourth-order valence-electron chi connectivity index (χ4n) is 4.11. The lowest BCUT2D eigenvalue weighted by Crippen LogP contribution is -2.36. The number of nitrogens with one attached hydrogen (secondary N) is 1. The summed E-state index contributed by atoms with van der Waals surface area (Å²) in [6, 6.07) is 21.5. The highest BCUT2D eigenvalue weighted by molar-refractivity contribution is 5.22. The number of benzene rings is 2. The van der Waals surface area contributed by atoms with Gasteiger partial charge in [0.2, 0.25) is 0 Å². The third-order valence-corrected chi connectivity index (χ3v) is 5.33. The first kappa shape index (κ1) is 16.5. The summed E-state index contributed by atoms with van der Waals surface area (Å²) in [6.45, 7) is 0. The molecule has 4 rings (SSSR count). The highest BCUT2D eigenvalue weighted by Crippen LogP contribution is 2.29. The first-order valence-electron chi connectivity index (χ1n) is 9.54. The molecule has 3 nitrogen and oxygen atoms in total. The predicted molar refractivity (Wildman–Crippen MR) is 100 cm³/mol. The lowest BCUT2D eigenvalue weighted by Gasteiger charge is -2.20. The van der Waals surface area contributed by atoms with Crippen LogP contribution >= 0.6 is 0 Å². The van der Waals surface area contributed by atoms with Crippen molar-refractivity contribution in [3.05, 3.63) is 60.7 Å². The summed E-state index contributed by atoms with van der Waals surface area (Å²) < 4.78 is 12.2. The van der Waals surface area contributed by atoms with Crippen molar-refractivity contribution < 1.29 is 9.47 Å². The Bertz CT molecular complexity index is 588. The molecule has 0 amide bonds. The summed E-state index contributed by atoms with van der Waals surface area (Å²) in [6.07, 6.45) is 7.60. The summed E-state index contributed by atoms with van der Waals surface area (Å²) in [7, 11) is 0. The number of hydrogen-bond acceptors (Lipinski definition) is 3. The quantitative estimate of drug-likeness (QED) is 0.837. The van der Waals surface area contributed by atoms with Crippen LogP contribution in [0.2, 0.25) is 0 Å². The van der Waals surface area contributed by atoms with Gasteiger partial charge in [-0.15, -0.1) is 0 Å². The van der Waals surface area contributed by atoms with Crippen LogP contribution in [0, 0.1) is 0 Å². The van der Waals surface area contributed by atoms with Crippen molar-refractivity contribution in [3.8, 4) is 11.5 Å². The molecule has 2 saturated carbocycles. The zero-order valence-electron chi connectivity index (χ0n) is 14.6. The summed E-state index contributed by atoms with van der Waals surface area (Å²) in [5.41, 5.74) is 0. The van der Waals surface area contributed by atoms with Crippen molar-refractivity contribution in [2.75, 3.05) is 0 Å². The van der Waals surface area contributed by atoms with Crippen LogP contribution in [0.5, 0.6) is 11.5 Å². The highest BCUT2D eigenvalue weighted by atomic mass is 16.5. The fraction of sp³-hybridized carbons (Fsp3) is 0.455. The Morgan fingerprint density at radius 1 is 0.600 bits per heavy atom. The molecule has 25 heavy (non-hydrogen) atoms. The molecule has 1 N–H and O–H groups in total. The van der Waals surface area contributed by atoms with Crippen LogP contribution in [0.4, 0.5) is 0 Å². The van der Waals surface area contributed by atoms with Gasteiger partial charge in [0.15, 0.2) is 0 Å². The van der Waals surface area contributed by atoms with E-state index in [1.54, 1.807) is 0 Å². The van der Waals surface area contributed by atoms with Gasteiger partial charge >= 0.3 is 0 Å². The van der Waals surface area contributed by atoms with Crippen molar-refractivity contribution >= 4 is 0 Å². The summed E-state index contributed by atoms with van der Waals surface area (Å²) >= 11 is 0. The molecule has 4 unspecified atom stereocenters. The van der Waals surface area contributed by atoms with Crippen molar-refractivity contribution in [3.63, 3.8) is 0 Å². The van der Waals surface area contributed by atoms with Gasteiger partial charge in [0.25, 0.3) is 0 Å². The number of para-hydroxylation sites is 2. The van der Waals surface area contributed by atoms with E-state index in [0.717, 1.165) is 37.2 Å². The lowest BCUT2D eigenvalue weighted by atomic mass is 10.2. The van der Waals surface area contributed by atoms with E-state index in [-0.39, 0.29) is 0 Å². The van der Waals surface area contributed by atoms with Gasteiger partial charge in [-0.2, -0.15) is 0 Å². The fourth-order valence-corrected chi connectivity index (χ4v) is 4.11. The Morgan fingerprint density at radius 2 is 1.04 bits per heavy atom. The van der Waals surface area contributed by atoms with E-state index in [2.05, 4.69) is 5.32 Å². The van der Waals surface area contributed by atoms with Crippen molar-refractivity contribution in [1.29, 1.82) is 0 Å². The molecule has 0 aromatic heterocycles. The molecule has 2 aliphatic rings. The number of ether oxygens (including phenoxy) is 2. The molecule has 132 valence electrons. The topological polar surface area (TPSA) is 30.5 Å². The SMILES string of the molecule is c1ccc(OC2CCC(NC3CCC(Oc4ccccc4)C3)C2)cc1. The minimum Gasteiger partial charge on any atom is -0.490 e. The van der Waals surface area contributed by atoms with E-state index in [9.17, 15) is 0 Å². The average molecular weight is 337 g/mol. The van der Waals surface area contributed by atoms with Gasteiger partial charge in [0.1, 0.15) is 23.7 Å². The Balaban J connectivity index is 1.21. The van der Waals surface area contributed by atoms with Crippen LogP contribution in [0.25, 0.3) is 0 Å². The van der Waals surface area contributed by atoms with Crippen LogP contribution < -0.4 is 14.8 Å². The maximum Gasteiger partial charge on any atom is 0.119 e. The number of hydrogen-bond donors (Lipinski definition) is 1. The maximum absolute atomic E-state index is 6.11. The van der Waals surface area contributed by atoms with Gasteiger partial charge in [-0.05, 0) is 62.8 Å². The van der Waals surface area contributed by atoms with E-state index in [0.29, 0.717) is 24.3 Å². The van der Waals surface area contributed by atoms with Crippen LogP contribution in [0.15, 0.2) is 60.7 Å². The third-order valence-electron chi connectivity index (χ3n) is 5.33. The average Bonchev–Trinajstić information content (AvgIpc) is 3.27. The summed E-state index contributed by atoms with van der Waals surface area (Å²) in [5.74, 6) is 1.98. The van der Waals surface area contributed by atoms with Gasteiger partial charge in [0, 0.05) is 12.1 Å². The normalized spacial score (nSPS) is 28.8. The molecule has 0 aliphatic heterocycles. The standard InChI is InChI=1S/C22H27NO2/c1-3-7-19(8-4-1)24-21-13-11-17(15-21)23-18-12-14-22(16-18)25-20-9-5-2-6-10-20/h1-10,17-18,21-23H,11-16H2. The van der Waals surface area contributed by atoms with E-state index >= 15 is 0 Å².